The topological polar surface area (TPSA) is 64.4 Å². The molecule has 2 aliphatic rings. The van der Waals surface area contributed by atoms with Gasteiger partial charge >= 0.3 is 0 Å². The maximum absolute atomic E-state index is 11.9. The van der Waals surface area contributed by atoms with Gasteiger partial charge in [0.05, 0.1) is 6.61 Å². The monoisotopic (exact) mass is 254 g/mol. The Bertz CT molecular complexity index is 257. The third-order valence-corrected chi connectivity index (χ3v) is 4.21. The van der Waals surface area contributed by atoms with E-state index in [1.165, 1.54) is 6.42 Å². The van der Waals surface area contributed by atoms with Crippen LogP contribution in [0.4, 0.5) is 0 Å². The summed E-state index contributed by atoms with van der Waals surface area (Å²) in [7, 11) is 0. The summed E-state index contributed by atoms with van der Waals surface area (Å²) in [6.07, 6.45) is 7.37. The predicted octanol–water partition coefficient (Wildman–Crippen LogP) is 1.44. The number of rotatable bonds is 4. The first-order valence-electron chi connectivity index (χ1n) is 7.34. The summed E-state index contributed by atoms with van der Waals surface area (Å²) in [6.45, 7) is 2.47. The van der Waals surface area contributed by atoms with Gasteiger partial charge in [0.25, 0.3) is 0 Å². The van der Waals surface area contributed by atoms with Gasteiger partial charge in [-0.05, 0) is 50.4 Å². The maximum atomic E-state index is 11.9. The highest BCUT2D eigenvalue weighted by Crippen LogP contribution is 2.25. The van der Waals surface area contributed by atoms with E-state index in [-0.39, 0.29) is 5.91 Å². The van der Waals surface area contributed by atoms with Gasteiger partial charge in [-0.1, -0.05) is 0 Å². The van der Waals surface area contributed by atoms with Crippen LogP contribution in [0, 0.1) is 11.8 Å². The number of amides is 1. The van der Waals surface area contributed by atoms with Crippen molar-refractivity contribution in [3.05, 3.63) is 0 Å². The van der Waals surface area contributed by atoms with Gasteiger partial charge in [0.1, 0.15) is 0 Å². The molecule has 2 rings (SSSR count). The standard InChI is InChI=1S/C14H26N2O2/c15-13-5-3-11(4-6-13)8-14(17)16-9-12-2-1-7-18-10-12/h11-13H,1-10,15H2,(H,16,17). The van der Waals surface area contributed by atoms with Gasteiger partial charge in [-0.3, -0.25) is 4.79 Å². The molecule has 18 heavy (non-hydrogen) atoms. The Hall–Kier alpha value is -0.610. The van der Waals surface area contributed by atoms with Crippen LogP contribution < -0.4 is 11.1 Å². The quantitative estimate of drug-likeness (QED) is 0.798. The van der Waals surface area contributed by atoms with E-state index in [2.05, 4.69) is 5.32 Å². The van der Waals surface area contributed by atoms with Crippen LogP contribution in [0.1, 0.15) is 44.9 Å². The highest BCUT2D eigenvalue weighted by atomic mass is 16.5. The average Bonchev–Trinajstić information content (AvgIpc) is 2.40. The number of ether oxygens (including phenoxy) is 1. The lowest BCUT2D eigenvalue weighted by Crippen LogP contribution is -2.35. The fraction of sp³-hybridized carbons (Fsp3) is 0.929. The Balaban J connectivity index is 1.59. The van der Waals surface area contributed by atoms with E-state index in [9.17, 15) is 4.79 Å². The fourth-order valence-corrected chi connectivity index (χ4v) is 2.95. The van der Waals surface area contributed by atoms with E-state index < -0.39 is 0 Å². The Morgan fingerprint density at radius 1 is 1.17 bits per heavy atom. The molecule has 4 nitrogen and oxygen atoms in total. The Labute approximate surface area is 110 Å². The number of carbonyl (C=O) groups excluding carboxylic acids is 1. The van der Waals surface area contributed by atoms with Crippen LogP contribution in [0.25, 0.3) is 0 Å². The minimum atomic E-state index is 0.209. The highest BCUT2D eigenvalue weighted by molar-refractivity contribution is 5.76. The molecule has 0 aromatic carbocycles. The zero-order valence-corrected chi connectivity index (χ0v) is 11.2. The van der Waals surface area contributed by atoms with Crippen molar-refractivity contribution in [2.24, 2.45) is 17.6 Å². The van der Waals surface area contributed by atoms with Gasteiger partial charge in [0, 0.05) is 25.6 Å². The first-order chi connectivity index (χ1) is 8.74. The molecule has 1 unspecified atom stereocenters. The lowest BCUT2D eigenvalue weighted by Gasteiger charge is -2.26. The van der Waals surface area contributed by atoms with Crippen LogP contribution in [0.2, 0.25) is 0 Å². The molecule has 1 aliphatic carbocycles. The van der Waals surface area contributed by atoms with Crippen molar-refractivity contribution in [2.75, 3.05) is 19.8 Å². The van der Waals surface area contributed by atoms with Crippen molar-refractivity contribution >= 4 is 5.91 Å². The first-order valence-corrected chi connectivity index (χ1v) is 7.34. The van der Waals surface area contributed by atoms with E-state index >= 15 is 0 Å². The van der Waals surface area contributed by atoms with Crippen molar-refractivity contribution < 1.29 is 9.53 Å². The predicted molar refractivity (Wildman–Crippen MR) is 71.1 cm³/mol. The molecule has 0 aromatic heterocycles. The van der Waals surface area contributed by atoms with Crippen molar-refractivity contribution in [1.82, 2.24) is 5.32 Å². The minimum absolute atomic E-state index is 0.209. The van der Waals surface area contributed by atoms with Crippen molar-refractivity contribution in [3.63, 3.8) is 0 Å². The molecule has 1 saturated heterocycles. The number of nitrogens with one attached hydrogen (secondary N) is 1. The summed E-state index contributed by atoms with van der Waals surface area (Å²) in [5.41, 5.74) is 5.87. The molecule has 0 bridgehead atoms. The molecule has 1 atom stereocenters. The summed E-state index contributed by atoms with van der Waals surface area (Å²) in [6, 6.07) is 0.365. The fourth-order valence-electron chi connectivity index (χ4n) is 2.95. The average molecular weight is 254 g/mol. The first kappa shape index (κ1) is 13.8. The van der Waals surface area contributed by atoms with Gasteiger partial charge in [0.15, 0.2) is 0 Å². The Kier molecular flexibility index (Phi) is 5.45. The van der Waals surface area contributed by atoms with Crippen molar-refractivity contribution in [2.45, 2.75) is 51.0 Å². The second-order valence-corrected chi connectivity index (χ2v) is 5.87. The third-order valence-electron chi connectivity index (χ3n) is 4.21. The van der Waals surface area contributed by atoms with Gasteiger partial charge < -0.3 is 15.8 Å². The summed E-state index contributed by atoms with van der Waals surface area (Å²) >= 11 is 0. The summed E-state index contributed by atoms with van der Waals surface area (Å²) in [5.74, 6) is 1.27. The lowest BCUT2D eigenvalue weighted by atomic mass is 9.84. The normalized spacial score (nSPS) is 33.1. The molecular weight excluding hydrogens is 228 g/mol. The number of hydrogen-bond acceptors (Lipinski definition) is 3. The minimum Gasteiger partial charge on any atom is -0.381 e. The van der Waals surface area contributed by atoms with E-state index in [4.69, 9.17) is 10.5 Å². The molecule has 4 heteroatoms. The van der Waals surface area contributed by atoms with Crippen LogP contribution in [0.5, 0.6) is 0 Å². The lowest BCUT2D eigenvalue weighted by molar-refractivity contribution is -0.122. The van der Waals surface area contributed by atoms with Gasteiger partial charge in [-0.25, -0.2) is 0 Å². The summed E-state index contributed by atoms with van der Waals surface area (Å²) < 4.78 is 5.41. The molecule has 3 N–H and O–H groups in total. The molecule has 0 spiro atoms. The molecule has 0 aromatic rings. The zero-order chi connectivity index (χ0) is 12.8. The molecule has 1 aliphatic heterocycles. The summed E-state index contributed by atoms with van der Waals surface area (Å²) in [4.78, 5) is 11.9. The van der Waals surface area contributed by atoms with E-state index in [0.29, 0.717) is 24.3 Å². The van der Waals surface area contributed by atoms with Gasteiger partial charge in [0.2, 0.25) is 5.91 Å². The second-order valence-electron chi connectivity index (χ2n) is 5.87. The van der Waals surface area contributed by atoms with Crippen LogP contribution in [-0.4, -0.2) is 31.7 Å². The van der Waals surface area contributed by atoms with Gasteiger partial charge in [-0.2, -0.15) is 0 Å². The molecule has 2 fully saturated rings. The number of nitrogens with two attached hydrogens (primary N) is 1. The van der Waals surface area contributed by atoms with Crippen LogP contribution in [-0.2, 0) is 9.53 Å². The number of hydrogen-bond donors (Lipinski definition) is 2. The van der Waals surface area contributed by atoms with Crippen LogP contribution >= 0.6 is 0 Å². The van der Waals surface area contributed by atoms with Crippen molar-refractivity contribution in [3.8, 4) is 0 Å². The SMILES string of the molecule is NC1CCC(CC(=O)NCC2CCCOC2)CC1. The van der Waals surface area contributed by atoms with E-state index in [0.717, 1.165) is 51.9 Å². The molecule has 1 heterocycles. The third kappa shape index (κ3) is 4.58. The smallest absolute Gasteiger partial charge is 0.220 e. The van der Waals surface area contributed by atoms with Crippen LogP contribution in [0.3, 0.4) is 0 Å². The molecule has 104 valence electrons. The van der Waals surface area contributed by atoms with E-state index in [1.807, 2.05) is 0 Å². The number of carbonyl (C=O) groups is 1. The Morgan fingerprint density at radius 3 is 2.61 bits per heavy atom. The highest BCUT2D eigenvalue weighted by Gasteiger charge is 2.21. The molecule has 1 amide bonds. The largest absolute Gasteiger partial charge is 0.381 e. The second kappa shape index (κ2) is 7.10. The summed E-state index contributed by atoms with van der Waals surface area (Å²) in [5, 5.41) is 3.06. The zero-order valence-electron chi connectivity index (χ0n) is 11.2. The van der Waals surface area contributed by atoms with Crippen molar-refractivity contribution in [1.29, 1.82) is 0 Å². The molecule has 0 radical (unpaired) electrons. The van der Waals surface area contributed by atoms with Gasteiger partial charge in [-0.15, -0.1) is 0 Å². The Morgan fingerprint density at radius 2 is 1.94 bits per heavy atom. The maximum Gasteiger partial charge on any atom is 0.220 e. The molecular formula is C14H26N2O2. The van der Waals surface area contributed by atoms with Crippen LogP contribution in [0.15, 0.2) is 0 Å². The molecule has 1 saturated carbocycles. The van der Waals surface area contributed by atoms with E-state index in [1.54, 1.807) is 0 Å².